The first kappa shape index (κ1) is 15.8. The van der Waals surface area contributed by atoms with Gasteiger partial charge in [-0.2, -0.15) is 15.0 Å². The van der Waals surface area contributed by atoms with E-state index in [0.717, 1.165) is 32.6 Å². The lowest BCUT2D eigenvalue weighted by Crippen LogP contribution is -2.38. The number of nitrogens with zero attached hydrogens (tertiary/aromatic N) is 5. The lowest BCUT2D eigenvalue weighted by atomic mass is 10.1. The monoisotopic (exact) mass is 294 g/mol. The Morgan fingerprint density at radius 1 is 1.24 bits per heavy atom. The van der Waals surface area contributed by atoms with Crippen molar-refractivity contribution in [1.29, 1.82) is 0 Å². The maximum absolute atomic E-state index is 5.88. The molecule has 1 unspecified atom stereocenters. The van der Waals surface area contributed by atoms with Gasteiger partial charge in [0.25, 0.3) is 0 Å². The molecule has 2 rings (SSSR count). The second kappa shape index (κ2) is 7.40. The van der Waals surface area contributed by atoms with Crippen molar-refractivity contribution in [2.24, 2.45) is 5.92 Å². The van der Waals surface area contributed by atoms with Gasteiger partial charge in [-0.1, -0.05) is 20.3 Å². The van der Waals surface area contributed by atoms with Crippen LogP contribution in [-0.4, -0.2) is 54.3 Å². The van der Waals surface area contributed by atoms with Gasteiger partial charge in [-0.15, -0.1) is 0 Å². The highest BCUT2D eigenvalue weighted by atomic mass is 16.5. The van der Waals surface area contributed by atoms with Crippen molar-refractivity contribution in [2.45, 2.75) is 27.2 Å². The van der Waals surface area contributed by atoms with Crippen molar-refractivity contribution in [1.82, 2.24) is 15.0 Å². The fraction of sp³-hybridized carbons (Fsp3) is 0.786. The molecule has 2 heterocycles. The lowest BCUT2D eigenvalue weighted by Gasteiger charge is -2.29. The number of nitrogen functional groups attached to an aromatic ring is 1. The van der Waals surface area contributed by atoms with Crippen LogP contribution in [0.1, 0.15) is 27.2 Å². The summed E-state index contributed by atoms with van der Waals surface area (Å²) in [5.41, 5.74) is 5.88. The second-order valence-electron chi connectivity index (χ2n) is 5.45. The Kier molecular flexibility index (Phi) is 5.55. The Balaban J connectivity index is 2.19. The number of hydrogen-bond acceptors (Lipinski definition) is 7. The Hall–Kier alpha value is -1.63. The van der Waals surface area contributed by atoms with Crippen LogP contribution < -0.4 is 15.5 Å². The smallest absolute Gasteiger partial charge is 0.232 e. The average Bonchev–Trinajstić information content (AvgIpc) is 2.52. The molecule has 21 heavy (non-hydrogen) atoms. The van der Waals surface area contributed by atoms with Crippen molar-refractivity contribution in [3.8, 4) is 0 Å². The average molecular weight is 294 g/mol. The van der Waals surface area contributed by atoms with Gasteiger partial charge in [0.1, 0.15) is 0 Å². The van der Waals surface area contributed by atoms with Crippen molar-refractivity contribution in [3.63, 3.8) is 0 Å². The van der Waals surface area contributed by atoms with E-state index in [1.165, 1.54) is 0 Å². The summed E-state index contributed by atoms with van der Waals surface area (Å²) in [6.07, 6.45) is 1.13. The van der Waals surface area contributed by atoms with Crippen LogP contribution in [0.4, 0.5) is 17.8 Å². The number of aromatic nitrogens is 3. The van der Waals surface area contributed by atoms with Gasteiger partial charge < -0.3 is 20.3 Å². The quantitative estimate of drug-likeness (QED) is 0.843. The molecule has 0 saturated carbocycles. The van der Waals surface area contributed by atoms with Gasteiger partial charge in [-0.3, -0.25) is 0 Å². The van der Waals surface area contributed by atoms with Crippen LogP contribution in [-0.2, 0) is 4.74 Å². The standard InChI is InChI=1S/C14H26N6O/c1-4-11(3)10-19(5-2)13-16-12(15)17-14(18-13)20-6-8-21-9-7-20/h11H,4-10H2,1-3H3,(H2,15,16,17,18). The predicted molar refractivity (Wildman–Crippen MR) is 84.6 cm³/mol. The van der Waals surface area contributed by atoms with Gasteiger partial charge in [-0.05, 0) is 12.8 Å². The van der Waals surface area contributed by atoms with E-state index in [1.54, 1.807) is 0 Å². The number of nitrogens with two attached hydrogens (primary N) is 1. The minimum atomic E-state index is 0.282. The Labute approximate surface area is 126 Å². The molecule has 0 bridgehead atoms. The third-order valence-corrected chi connectivity index (χ3v) is 3.82. The number of anilines is 3. The Bertz CT molecular complexity index is 449. The predicted octanol–water partition coefficient (Wildman–Crippen LogP) is 1.16. The summed E-state index contributed by atoms with van der Waals surface area (Å²) < 4.78 is 5.36. The van der Waals surface area contributed by atoms with E-state index in [4.69, 9.17) is 10.5 Å². The molecule has 0 aliphatic carbocycles. The van der Waals surface area contributed by atoms with Gasteiger partial charge in [0.05, 0.1) is 13.2 Å². The summed E-state index contributed by atoms with van der Waals surface area (Å²) in [5, 5.41) is 0. The third kappa shape index (κ3) is 4.17. The third-order valence-electron chi connectivity index (χ3n) is 3.82. The van der Waals surface area contributed by atoms with Crippen molar-refractivity contribution >= 4 is 17.8 Å². The molecule has 0 aromatic carbocycles. The molecule has 0 amide bonds. The molecule has 1 saturated heterocycles. The molecule has 7 heteroatoms. The molecule has 0 spiro atoms. The lowest BCUT2D eigenvalue weighted by molar-refractivity contribution is 0.122. The zero-order valence-electron chi connectivity index (χ0n) is 13.2. The van der Waals surface area contributed by atoms with Crippen molar-refractivity contribution in [2.75, 3.05) is 54.9 Å². The van der Waals surface area contributed by atoms with Crippen molar-refractivity contribution < 1.29 is 4.74 Å². The highest BCUT2D eigenvalue weighted by Crippen LogP contribution is 2.17. The highest BCUT2D eigenvalue weighted by molar-refractivity contribution is 5.43. The summed E-state index contributed by atoms with van der Waals surface area (Å²) in [6.45, 7) is 11.3. The fourth-order valence-electron chi connectivity index (χ4n) is 2.27. The summed E-state index contributed by atoms with van der Waals surface area (Å²) in [5.74, 6) is 2.20. The summed E-state index contributed by atoms with van der Waals surface area (Å²) >= 11 is 0. The van der Waals surface area contributed by atoms with E-state index in [-0.39, 0.29) is 5.95 Å². The van der Waals surface area contributed by atoms with E-state index in [2.05, 4.69) is 45.5 Å². The van der Waals surface area contributed by atoms with Crippen LogP contribution in [0.5, 0.6) is 0 Å². The first-order chi connectivity index (χ1) is 10.1. The minimum absolute atomic E-state index is 0.282. The van der Waals surface area contributed by atoms with Crippen LogP contribution in [0.15, 0.2) is 0 Å². The van der Waals surface area contributed by atoms with Gasteiger partial charge in [0.2, 0.25) is 17.8 Å². The molecule has 1 aliphatic heterocycles. The molecule has 1 atom stereocenters. The molecule has 118 valence electrons. The fourth-order valence-corrected chi connectivity index (χ4v) is 2.27. The zero-order chi connectivity index (χ0) is 15.2. The van der Waals surface area contributed by atoms with E-state index < -0.39 is 0 Å². The van der Waals surface area contributed by atoms with Gasteiger partial charge in [0, 0.05) is 26.2 Å². The normalized spacial score (nSPS) is 16.8. The van der Waals surface area contributed by atoms with Crippen LogP contribution in [0.25, 0.3) is 0 Å². The van der Waals surface area contributed by atoms with Crippen LogP contribution in [0.3, 0.4) is 0 Å². The van der Waals surface area contributed by atoms with E-state index >= 15 is 0 Å². The molecule has 1 aromatic rings. The minimum Gasteiger partial charge on any atom is -0.378 e. The van der Waals surface area contributed by atoms with Crippen LogP contribution in [0, 0.1) is 5.92 Å². The first-order valence-corrected chi connectivity index (χ1v) is 7.73. The SMILES string of the molecule is CCC(C)CN(CC)c1nc(N)nc(N2CCOCC2)n1. The molecule has 2 N–H and O–H groups in total. The molecule has 1 aliphatic rings. The molecular formula is C14H26N6O. The molecule has 7 nitrogen and oxygen atoms in total. The van der Waals surface area contributed by atoms with Gasteiger partial charge >= 0.3 is 0 Å². The largest absolute Gasteiger partial charge is 0.378 e. The molecule has 1 fully saturated rings. The van der Waals surface area contributed by atoms with E-state index in [0.29, 0.717) is 31.0 Å². The maximum atomic E-state index is 5.88. The Morgan fingerprint density at radius 2 is 1.95 bits per heavy atom. The van der Waals surface area contributed by atoms with Crippen LogP contribution in [0.2, 0.25) is 0 Å². The summed E-state index contributed by atoms with van der Waals surface area (Å²) in [7, 11) is 0. The second-order valence-corrected chi connectivity index (χ2v) is 5.45. The first-order valence-electron chi connectivity index (χ1n) is 7.73. The van der Waals surface area contributed by atoms with Gasteiger partial charge in [-0.25, -0.2) is 0 Å². The summed E-state index contributed by atoms with van der Waals surface area (Å²) in [4.78, 5) is 17.5. The Morgan fingerprint density at radius 3 is 2.57 bits per heavy atom. The molecule has 0 radical (unpaired) electrons. The van der Waals surface area contributed by atoms with E-state index in [9.17, 15) is 0 Å². The van der Waals surface area contributed by atoms with Crippen LogP contribution >= 0.6 is 0 Å². The number of rotatable bonds is 6. The summed E-state index contributed by atoms with van der Waals surface area (Å²) in [6, 6.07) is 0. The number of hydrogen-bond donors (Lipinski definition) is 1. The molecule has 1 aromatic heterocycles. The molecular weight excluding hydrogens is 268 g/mol. The highest BCUT2D eigenvalue weighted by Gasteiger charge is 2.18. The zero-order valence-corrected chi connectivity index (χ0v) is 13.2. The number of morpholine rings is 1. The number of ether oxygens (including phenoxy) is 1. The maximum Gasteiger partial charge on any atom is 0.232 e. The van der Waals surface area contributed by atoms with Gasteiger partial charge in [0.15, 0.2) is 0 Å². The van der Waals surface area contributed by atoms with Crippen molar-refractivity contribution in [3.05, 3.63) is 0 Å². The van der Waals surface area contributed by atoms with E-state index in [1.807, 2.05) is 0 Å². The topological polar surface area (TPSA) is 80.4 Å².